The van der Waals surface area contributed by atoms with Crippen LogP contribution in [0.4, 0.5) is 0 Å². The zero-order chi connectivity index (χ0) is 13.8. The summed E-state index contributed by atoms with van der Waals surface area (Å²) in [7, 11) is 0. The highest BCUT2D eigenvalue weighted by Crippen LogP contribution is 2.22. The first kappa shape index (κ1) is 13.7. The largest absolute Gasteiger partial charge is 0.478 e. The predicted molar refractivity (Wildman–Crippen MR) is 74.4 cm³/mol. The van der Waals surface area contributed by atoms with Crippen LogP contribution in [-0.2, 0) is 6.54 Å². The molecule has 0 aromatic carbocycles. The molecular formula is C12H9BrN2O3S. The van der Waals surface area contributed by atoms with Crippen molar-refractivity contribution in [3.63, 3.8) is 0 Å². The maximum Gasteiger partial charge on any atom is 0.337 e. The Labute approximate surface area is 121 Å². The maximum absolute atomic E-state index is 11.8. The molecule has 0 aliphatic heterocycles. The van der Waals surface area contributed by atoms with E-state index in [9.17, 15) is 9.59 Å². The molecule has 2 rings (SSSR count). The summed E-state index contributed by atoms with van der Waals surface area (Å²) < 4.78 is 0.951. The van der Waals surface area contributed by atoms with Gasteiger partial charge < -0.3 is 10.4 Å². The van der Waals surface area contributed by atoms with Crippen LogP contribution in [-0.4, -0.2) is 22.0 Å². The summed E-state index contributed by atoms with van der Waals surface area (Å²) in [6.07, 6.45) is 1.16. The summed E-state index contributed by atoms with van der Waals surface area (Å²) in [6.45, 7) is 0.402. The number of aromatic nitrogens is 1. The number of hydrogen-bond donors (Lipinski definition) is 2. The standard InChI is InChI=1S/C12H9BrN2O3S/c13-8-3-4-19-10(8)6-15-11(16)9-2-1-7(5-14-9)12(17)18/h1-5H,6H2,(H,15,16)(H,17,18). The van der Waals surface area contributed by atoms with E-state index in [1.165, 1.54) is 23.5 Å². The monoisotopic (exact) mass is 340 g/mol. The maximum atomic E-state index is 11.8. The van der Waals surface area contributed by atoms with E-state index in [4.69, 9.17) is 5.11 Å². The Kier molecular flexibility index (Phi) is 4.28. The number of carbonyl (C=O) groups excluding carboxylic acids is 1. The van der Waals surface area contributed by atoms with E-state index in [1.54, 1.807) is 0 Å². The highest BCUT2D eigenvalue weighted by molar-refractivity contribution is 9.10. The number of pyridine rings is 1. The molecule has 0 spiro atoms. The second-order valence-corrected chi connectivity index (χ2v) is 5.47. The van der Waals surface area contributed by atoms with Gasteiger partial charge in [-0.3, -0.25) is 9.78 Å². The number of amides is 1. The van der Waals surface area contributed by atoms with Crippen molar-refractivity contribution in [2.45, 2.75) is 6.54 Å². The van der Waals surface area contributed by atoms with Crippen LogP contribution in [0.3, 0.4) is 0 Å². The van der Waals surface area contributed by atoms with Crippen LogP contribution in [0.2, 0.25) is 0 Å². The van der Waals surface area contributed by atoms with Crippen molar-refractivity contribution in [2.75, 3.05) is 0 Å². The van der Waals surface area contributed by atoms with E-state index in [0.717, 1.165) is 15.5 Å². The first-order valence-electron chi connectivity index (χ1n) is 5.27. The number of carboxylic acid groups (broad SMARTS) is 1. The number of hydrogen-bond acceptors (Lipinski definition) is 4. The Hall–Kier alpha value is -1.73. The molecule has 7 heteroatoms. The van der Waals surface area contributed by atoms with Gasteiger partial charge in [0.15, 0.2) is 0 Å². The molecule has 0 saturated heterocycles. The van der Waals surface area contributed by atoms with Gasteiger partial charge in [0, 0.05) is 15.5 Å². The molecule has 1 amide bonds. The number of carboxylic acids is 1. The smallest absolute Gasteiger partial charge is 0.337 e. The van der Waals surface area contributed by atoms with Crippen LogP contribution in [0.15, 0.2) is 34.2 Å². The second kappa shape index (κ2) is 5.94. The molecule has 0 aliphatic rings. The minimum absolute atomic E-state index is 0.0533. The van der Waals surface area contributed by atoms with Gasteiger partial charge in [0.25, 0.3) is 5.91 Å². The molecule has 0 unspecified atom stereocenters. The fourth-order valence-electron chi connectivity index (χ4n) is 1.36. The molecule has 2 N–H and O–H groups in total. The van der Waals surface area contributed by atoms with Crippen LogP contribution in [0.5, 0.6) is 0 Å². The first-order valence-corrected chi connectivity index (χ1v) is 6.94. The van der Waals surface area contributed by atoms with Gasteiger partial charge in [0.05, 0.1) is 12.1 Å². The number of rotatable bonds is 4. The average molecular weight is 341 g/mol. The van der Waals surface area contributed by atoms with E-state index >= 15 is 0 Å². The van der Waals surface area contributed by atoms with Gasteiger partial charge in [-0.1, -0.05) is 0 Å². The Morgan fingerprint density at radius 2 is 2.16 bits per heavy atom. The summed E-state index contributed by atoms with van der Waals surface area (Å²) in [5.41, 5.74) is 0.246. The van der Waals surface area contributed by atoms with Crippen molar-refractivity contribution in [2.24, 2.45) is 0 Å². The molecule has 0 fully saturated rings. The Morgan fingerprint density at radius 1 is 1.37 bits per heavy atom. The Bertz CT molecular complexity index is 610. The van der Waals surface area contributed by atoms with E-state index in [2.05, 4.69) is 26.2 Å². The van der Waals surface area contributed by atoms with Crippen molar-refractivity contribution in [1.29, 1.82) is 0 Å². The van der Waals surface area contributed by atoms with Crippen LogP contribution >= 0.6 is 27.3 Å². The fraction of sp³-hybridized carbons (Fsp3) is 0.0833. The molecule has 2 aromatic heterocycles. The molecule has 2 aromatic rings. The van der Waals surface area contributed by atoms with Gasteiger partial charge in [-0.2, -0.15) is 0 Å². The van der Waals surface area contributed by atoms with Gasteiger partial charge in [0.2, 0.25) is 0 Å². The molecule has 0 bridgehead atoms. The predicted octanol–water partition coefficient (Wildman–Crippen LogP) is 2.53. The van der Waals surface area contributed by atoms with Gasteiger partial charge in [-0.15, -0.1) is 11.3 Å². The molecule has 5 nitrogen and oxygen atoms in total. The van der Waals surface area contributed by atoms with Gasteiger partial charge in [-0.05, 0) is 39.5 Å². The quantitative estimate of drug-likeness (QED) is 0.896. The van der Waals surface area contributed by atoms with E-state index in [1.807, 2.05) is 11.4 Å². The number of aromatic carboxylic acids is 1. The molecule has 19 heavy (non-hydrogen) atoms. The normalized spacial score (nSPS) is 10.2. The minimum Gasteiger partial charge on any atom is -0.478 e. The van der Waals surface area contributed by atoms with E-state index < -0.39 is 5.97 Å². The summed E-state index contributed by atoms with van der Waals surface area (Å²) >= 11 is 4.91. The highest BCUT2D eigenvalue weighted by atomic mass is 79.9. The Morgan fingerprint density at radius 3 is 2.68 bits per heavy atom. The van der Waals surface area contributed by atoms with Crippen molar-refractivity contribution in [1.82, 2.24) is 10.3 Å². The summed E-state index contributed by atoms with van der Waals surface area (Å²) in [5.74, 6) is -1.40. The van der Waals surface area contributed by atoms with Crippen molar-refractivity contribution < 1.29 is 14.7 Å². The van der Waals surface area contributed by atoms with Crippen molar-refractivity contribution in [3.05, 3.63) is 50.4 Å². The summed E-state index contributed by atoms with van der Waals surface area (Å²) in [4.78, 5) is 27.3. The molecule has 0 saturated carbocycles. The van der Waals surface area contributed by atoms with Gasteiger partial charge in [0.1, 0.15) is 5.69 Å². The van der Waals surface area contributed by atoms with E-state index in [0.29, 0.717) is 6.54 Å². The average Bonchev–Trinajstić information content (AvgIpc) is 2.81. The third-order valence-corrected chi connectivity index (χ3v) is 4.27. The van der Waals surface area contributed by atoms with Crippen molar-refractivity contribution in [3.8, 4) is 0 Å². The van der Waals surface area contributed by atoms with Crippen molar-refractivity contribution >= 4 is 39.1 Å². The lowest BCUT2D eigenvalue weighted by molar-refractivity contribution is 0.0695. The summed E-state index contributed by atoms with van der Waals surface area (Å²) in [5, 5.41) is 13.4. The fourth-order valence-corrected chi connectivity index (χ4v) is 2.79. The number of nitrogens with one attached hydrogen (secondary N) is 1. The third kappa shape index (κ3) is 3.39. The minimum atomic E-state index is -1.07. The number of carbonyl (C=O) groups is 2. The molecule has 2 heterocycles. The lowest BCUT2D eigenvalue weighted by Crippen LogP contribution is -2.23. The SMILES string of the molecule is O=C(O)c1ccc(C(=O)NCc2sccc2Br)nc1. The molecule has 0 radical (unpaired) electrons. The third-order valence-electron chi connectivity index (χ3n) is 2.34. The summed E-state index contributed by atoms with van der Waals surface area (Å²) in [6, 6.07) is 4.65. The Balaban J connectivity index is 2.00. The first-order chi connectivity index (χ1) is 9.08. The zero-order valence-electron chi connectivity index (χ0n) is 9.59. The second-order valence-electron chi connectivity index (χ2n) is 3.61. The van der Waals surface area contributed by atoms with Crippen LogP contribution in [0, 0.1) is 0 Å². The topological polar surface area (TPSA) is 79.3 Å². The van der Waals surface area contributed by atoms with Gasteiger partial charge >= 0.3 is 5.97 Å². The van der Waals surface area contributed by atoms with Crippen LogP contribution in [0.1, 0.15) is 25.7 Å². The number of halogens is 1. The van der Waals surface area contributed by atoms with E-state index in [-0.39, 0.29) is 17.2 Å². The molecule has 98 valence electrons. The van der Waals surface area contributed by atoms with Crippen LogP contribution in [0.25, 0.3) is 0 Å². The zero-order valence-corrected chi connectivity index (χ0v) is 12.0. The number of nitrogens with zero attached hydrogens (tertiary/aromatic N) is 1. The highest BCUT2D eigenvalue weighted by Gasteiger charge is 2.10. The molecule has 0 atom stereocenters. The lowest BCUT2D eigenvalue weighted by atomic mass is 10.2. The lowest BCUT2D eigenvalue weighted by Gasteiger charge is -2.04. The van der Waals surface area contributed by atoms with Gasteiger partial charge in [-0.25, -0.2) is 4.79 Å². The van der Waals surface area contributed by atoms with Crippen LogP contribution < -0.4 is 5.32 Å². The molecular weight excluding hydrogens is 332 g/mol. The molecule has 0 aliphatic carbocycles. The number of thiophene rings is 1.